The van der Waals surface area contributed by atoms with E-state index >= 15 is 0 Å². The zero-order valence-electron chi connectivity index (χ0n) is 9.69. The highest BCUT2D eigenvalue weighted by atomic mass is 35.5. The Kier molecular flexibility index (Phi) is 4.22. The van der Waals surface area contributed by atoms with Crippen LogP contribution in [0.1, 0.15) is 16.5 Å². The van der Waals surface area contributed by atoms with Crippen molar-refractivity contribution in [3.8, 4) is 5.75 Å². The lowest BCUT2D eigenvalue weighted by Crippen LogP contribution is -2.03. The molecular weight excluding hydrogens is 275 g/mol. The first-order chi connectivity index (χ1) is 8.60. The zero-order valence-corrected chi connectivity index (χ0v) is 11.3. The molecule has 5 heteroatoms. The summed E-state index contributed by atoms with van der Waals surface area (Å²) in [5.41, 5.74) is 0.264. The maximum absolute atomic E-state index is 13.7. The summed E-state index contributed by atoms with van der Waals surface area (Å²) in [5, 5.41) is 10.0. The minimum Gasteiger partial charge on any atom is -0.497 e. The van der Waals surface area contributed by atoms with Crippen molar-refractivity contribution >= 4 is 22.9 Å². The lowest BCUT2D eigenvalue weighted by molar-refractivity contribution is 0.174. The maximum Gasteiger partial charge on any atom is 0.132 e. The Morgan fingerprint density at radius 3 is 2.72 bits per heavy atom. The number of hydrogen-bond donors (Lipinski definition) is 1. The fraction of sp³-hybridized carbons (Fsp3) is 0.231. The number of aliphatic hydroxyl groups excluding tert-OH is 1. The molecule has 1 atom stereocenters. The molecule has 0 saturated heterocycles. The summed E-state index contributed by atoms with van der Waals surface area (Å²) in [6.07, 6.45) is -0.536. The van der Waals surface area contributed by atoms with Gasteiger partial charge in [-0.15, -0.1) is 11.3 Å². The Morgan fingerprint density at radius 2 is 2.17 bits per heavy atom. The second kappa shape index (κ2) is 5.69. The number of aliphatic hydroxyl groups is 1. The summed E-state index contributed by atoms with van der Waals surface area (Å²) < 4.78 is 19.3. The quantitative estimate of drug-likeness (QED) is 0.926. The van der Waals surface area contributed by atoms with Crippen molar-refractivity contribution in [1.29, 1.82) is 0 Å². The van der Waals surface area contributed by atoms with Crippen molar-refractivity contribution in [2.45, 2.75) is 12.5 Å². The first-order valence-corrected chi connectivity index (χ1v) is 6.55. The summed E-state index contributed by atoms with van der Waals surface area (Å²) in [7, 11) is 1.47. The summed E-state index contributed by atoms with van der Waals surface area (Å²) in [6, 6.07) is 8.02. The molecule has 1 aromatic heterocycles. The van der Waals surface area contributed by atoms with Gasteiger partial charge in [0.05, 0.1) is 17.6 Å². The van der Waals surface area contributed by atoms with Crippen LogP contribution < -0.4 is 4.74 Å². The SMILES string of the molecule is COc1ccc(C(O)Cc2ccc(Cl)s2)c(F)c1. The first kappa shape index (κ1) is 13.3. The predicted molar refractivity (Wildman–Crippen MR) is 70.9 cm³/mol. The molecule has 1 N–H and O–H groups in total. The third-order valence-corrected chi connectivity index (χ3v) is 3.84. The minimum absolute atomic E-state index is 0.264. The van der Waals surface area contributed by atoms with Crippen LogP contribution in [0.4, 0.5) is 4.39 Å². The number of thiophene rings is 1. The molecule has 0 spiro atoms. The van der Waals surface area contributed by atoms with Crippen LogP contribution in [0.2, 0.25) is 4.34 Å². The van der Waals surface area contributed by atoms with Crippen molar-refractivity contribution in [1.82, 2.24) is 0 Å². The van der Waals surface area contributed by atoms with E-state index in [-0.39, 0.29) is 5.56 Å². The van der Waals surface area contributed by atoms with E-state index in [9.17, 15) is 9.50 Å². The molecule has 2 aromatic rings. The van der Waals surface area contributed by atoms with Crippen LogP contribution in [0.15, 0.2) is 30.3 Å². The monoisotopic (exact) mass is 286 g/mol. The van der Waals surface area contributed by atoms with Gasteiger partial charge in [0.1, 0.15) is 11.6 Å². The van der Waals surface area contributed by atoms with Crippen LogP contribution >= 0.6 is 22.9 Å². The molecule has 0 bridgehead atoms. The number of ether oxygens (including phenoxy) is 1. The fourth-order valence-corrected chi connectivity index (χ4v) is 2.79. The largest absolute Gasteiger partial charge is 0.497 e. The van der Waals surface area contributed by atoms with Gasteiger partial charge in [0.15, 0.2) is 0 Å². The molecule has 2 nitrogen and oxygen atoms in total. The number of benzene rings is 1. The highest BCUT2D eigenvalue weighted by Gasteiger charge is 2.15. The van der Waals surface area contributed by atoms with Gasteiger partial charge >= 0.3 is 0 Å². The molecule has 0 amide bonds. The molecule has 0 fully saturated rings. The average Bonchev–Trinajstić information content (AvgIpc) is 2.74. The number of hydrogen-bond acceptors (Lipinski definition) is 3. The Balaban J connectivity index is 2.15. The minimum atomic E-state index is -0.884. The van der Waals surface area contributed by atoms with Crippen molar-refractivity contribution in [2.75, 3.05) is 7.11 Å². The predicted octanol–water partition coefficient (Wildman–Crippen LogP) is 3.83. The summed E-state index contributed by atoms with van der Waals surface area (Å²) in [4.78, 5) is 0.919. The molecule has 0 saturated carbocycles. The van der Waals surface area contributed by atoms with E-state index in [1.807, 2.05) is 6.07 Å². The molecule has 0 radical (unpaired) electrons. The van der Waals surface area contributed by atoms with Gasteiger partial charge < -0.3 is 9.84 Å². The molecule has 0 aliphatic rings. The Hall–Kier alpha value is -1.10. The van der Waals surface area contributed by atoms with Crippen molar-refractivity contribution in [3.63, 3.8) is 0 Å². The van der Waals surface area contributed by atoms with Crippen molar-refractivity contribution in [3.05, 3.63) is 50.9 Å². The normalized spacial score (nSPS) is 12.4. The maximum atomic E-state index is 13.7. The Labute approximate surface area is 114 Å². The Morgan fingerprint density at radius 1 is 1.39 bits per heavy atom. The van der Waals surface area contributed by atoms with Crippen LogP contribution in [0.25, 0.3) is 0 Å². The highest BCUT2D eigenvalue weighted by molar-refractivity contribution is 7.16. The van der Waals surface area contributed by atoms with Crippen LogP contribution in [0.5, 0.6) is 5.75 Å². The third kappa shape index (κ3) is 3.02. The van der Waals surface area contributed by atoms with E-state index in [4.69, 9.17) is 16.3 Å². The van der Waals surface area contributed by atoms with Crippen LogP contribution in [-0.4, -0.2) is 12.2 Å². The zero-order chi connectivity index (χ0) is 13.1. The average molecular weight is 287 g/mol. The summed E-state index contributed by atoms with van der Waals surface area (Å²) >= 11 is 7.19. The van der Waals surface area contributed by atoms with E-state index in [0.29, 0.717) is 16.5 Å². The first-order valence-electron chi connectivity index (χ1n) is 5.36. The van der Waals surface area contributed by atoms with Crippen molar-refractivity contribution in [2.24, 2.45) is 0 Å². The van der Waals surface area contributed by atoms with Gasteiger partial charge in [0, 0.05) is 22.9 Å². The molecule has 96 valence electrons. The van der Waals surface area contributed by atoms with Crippen LogP contribution in [-0.2, 0) is 6.42 Å². The Bertz CT molecular complexity index is 542. The standard InChI is InChI=1S/C13H12ClFO2S/c1-17-8-2-4-10(11(15)6-8)12(16)7-9-3-5-13(14)18-9/h2-6,12,16H,7H2,1H3. The van der Waals surface area contributed by atoms with Gasteiger partial charge in [0.25, 0.3) is 0 Å². The van der Waals surface area contributed by atoms with E-state index < -0.39 is 11.9 Å². The van der Waals surface area contributed by atoms with Gasteiger partial charge in [-0.05, 0) is 24.3 Å². The second-order valence-electron chi connectivity index (χ2n) is 3.81. The van der Waals surface area contributed by atoms with Crippen LogP contribution in [0.3, 0.4) is 0 Å². The van der Waals surface area contributed by atoms with E-state index in [0.717, 1.165) is 4.88 Å². The smallest absolute Gasteiger partial charge is 0.132 e. The molecule has 0 aliphatic carbocycles. The van der Waals surface area contributed by atoms with Crippen LogP contribution in [0, 0.1) is 5.82 Å². The number of halogens is 2. The van der Waals surface area contributed by atoms with Gasteiger partial charge in [-0.25, -0.2) is 4.39 Å². The van der Waals surface area contributed by atoms with Gasteiger partial charge in [-0.1, -0.05) is 11.6 Å². The molecule has 1 heterocycles. The third-order valence-electron chi connectivity index (χ3n) is 2.59. The summed E-state index contributed by atoms with van der Waals surface area (Å²) in [6.45, 7) is 0. The van der Waals surface area contributed by atoms with E-state index in [2.05, 4.69) is 0 Å². The van der Waals surface area contributed by atoms with E-state index in [1.165, 1.54) is 30.6 Å². The second-order valence-corrected chi connectivity index (χ2v) is 5.61. The fourth-order valence-electron chi connectivity index (χ4n) is 1.67. The molecule has 2 rings (SSSR count). The topological polar surface area (TPSA) is 29.5 Å². The number of methoxy groups -OCH3 is 1. The van der Waals surface area contributed by atoms with Gasteiger partial charge in [-0.3, -0.25) is 0 Å². The van der Waals surface area contributed by atoms with Crippen molar-refractivity contribution < 1.29 is 14.2 Å². The number of rotatable bonds is 4. The summed E-state index contributed by atoms with van der Waals surface area (Å²) in [5.74, 6) is -0.0351. The highest BCUT2D eigenvalue weighted by Crippen LogP contribution is 2.28. The lowest BCUT2D eigenvalue weighted by Gasteiger charge is -2.11. The van der Waals surface area contributed by atoms with E-state index in [1.54, 1.807) is 12.1 Å². The molecular formula is C13H12ClFO2S. The molecule has 18 heavy (non-hydrogen) atoms. The molecule has 1 aromatic carbocycles. The van der Waals surface area contributed by atoms with Gasteiger partial charge in [-0.2, -0.15) is 0 Å². The molecule has 1 unspecified atom stereocenters. The molecule has 0 aliphatic heterocycles. The lowest BCUT2D eigenvalue weighted by atomic mass is 10.1. The van der Waals surface area contributed by atoms with Gasteiger partial charge in [0.2, 0.25) is 0 Å².